The number of Topliss-reactive ketones (excluding diaryl/α,β-unsaturated/α-hetero) is 1. The maximum atomic E-state index is 12.6. The molecule has 0 aromatic heterocycles. The molecule has 4 rings (SSSR count). The minimum atomic E-state index is 0.0720. The molecule has 0 amide bonds. The van der Waals surface area contributed by atoms with Crippen LogP contribution in [-0.2, 0) is 6.42 Å². The number of rotatable bonds is 6. The molecule has 1 aliphatic heterocycles. The molecular weight excluding hydrogens is 368 g/mol. The number of carbonyl (C=O) groups excluding carboxylic acids is 1. The van der Waals surface area contributed by atoms with Gasteiger partial charge in [0.05, 0.1) is 18.6 Å². The molecule has 28 heavy (non-hydrogen) atoms. The average molecular weight is 388 g/mol. The van der Waals surface area contributed by atoms with Gasteiger partial charge in [0, 0.05) is 16.9 Å². The summed E-state index contributed by atoms with van der Waals surface area (Å²) in [6, 6.07) is 23.7. The highest BCUT2D eigenvalue weighted by Crippen LogP contribution is 2.41. The highest BCUT2D eigenvalue weighted by molar-refractivity contribution is 8.04. The van der Waals surface area contributed by atoms with Crippen LogP contribution in [0.5, 0.6) is 11.5 Å². The zero-order chi connectivity index (χ0) is 19.3. The first kappa shape index (κ1) is 18.4. The summed E-state index contributed by atoms with van der Waals surface area (Å²) in [5.74, 6) is 1.44. The van der Waals surface area contributed by atoms with Crippen LogP contribution in [0.25, 0.3) is 6.08 Å². The molecule has 1 aliphatic rings. The molecule has 0 N–H and O–H groups in total. The van der Waals surface area contributed by atoms with E-state index in [1.165, 1.54) is 17.3 Å². The molecule has 1 heterocycles. The second kappa shape index (κ2) is 8.36. The average Bonchev–Trinajstić information content (AvgIpc) is 3.05. The predicted octanol–water partition coefficient (Wildman–Crippen LogP) is 5.65. The zero-order valence-corrected chi connectivity index (χ0v) is 16.4. The molecule has 0 saturated carbocycles. The Hall–Kier alpha value is -2.98. The Morgan fingerprint density at radius 2 is 1.71 bits per heavy atom. The lowest BCUT2D eigenvalue weighted by Gasteiger charge is -2.11. The molecule has 140 valence electrons. The Kier molecular flexibility index (Phi) is 5.49. The van der Waals surface area contributed by atoms with Gasteiger partial charge < -0.3 is 9.47 Å². The first-order valence-corrected chi connectivity index (χ1v) is 9.94. The van der Waals surface area contributed by atoms with E-state index < -0.39 is 0 Å². The van der Waals surface area contributed by atoms with Crippen molar-refractivity contribution in [2.45, 2.75) is 11.3 Å². The number of thioether (sulfide) groups is 1. The van der Waals surface area contributed by atoms with Gasteiger partial charge in [0.15, 0.2) is 11.5 Å². The molecular formula is C24H20O3S. The lowest BCUT2D eigenvalue weighted by Crippen LogP contribution is -2.02. The minimum absolute atomic E-state index is 0.0720. The number of ether oxygens (including phenoxy) is 2. The Morgan fingerprint density at radius 3 is 2.50 bits per heavy atom. The third-order valence-corrected chi connectivity index (χ3v) is 5.65. The number of hydrogen-bond donors (Lipinski definition) is 0. The summed E-state index contributed by atoms with van der Waals surface area (Å²) in [5, 5.41) is 0. The van der Waals surface area contributed by atoms with Gasteiger partial charge in [-0.05, 0) is 41.5 Å². The maximum Gasteiger partial charge on any atom is 0.200 e. The first-order valence-electron chi connectivity index (χ1n) is 9.12. The third kappa shape index (κ3) is 3.97. The van der Waals surface area contributed by atoms with Crippen LogP contribution in [0, 0.1) is 0 Å². The molecule has 0 fully saturated rings. The van der Waals surface area contributed by atoms with Crippen LogP contribution in [0.15, 0.2) is 82.6 Å². The highest BCUT2D eigenvalue weighted by Gasteiger charge is 2.25. The van der Waals surface area contributed by atoms with Crippen LogP contribution >= 0.6 is 11.8 Å². The first-order chi connectivity index (χ1) is 13.7. The van der Waals surface area contributed by atoms with Crippen LogP contribution in [0.2, 0.25) is 0 Å². The Morgan fingerprint density at radius 1 is 0.929 bits per heavy atom. The Labute approximate surface area is 169 Å². The minimum Gasteiger partial charge on any atom is -0.493 e. The van der Waals surface area contributed by atoms with Crippen molar-refractivity contribution in [3.63, 3.8) is 0 Å². The van der Waals surface area contributed by atoms with E-state index in [-0.39, 0.29) is 5.78 Å². The van der Waals surface area contributed by atoms with Crippen molar-refractivity contribution in [1.29, 1.82) is 0 Å². The molecule has 0 aliphatic carbocycles. The van der Waals surface area contributed by atoms with Gasteiger partial charge in [0.2, 0.25) is 5.78 Å². The number of hydrogen-bond acceptors (Lipinski definition) is 4. The fourth-order valence-electron chi connectivity index (χ4n) is 3.10. The molecule has 0 bridgehead atoms. The summed E-state index contributed by atoms with van der Waals surface area (Å²) >= 11 is 1.51. The number of methoxy groups -OCH3 is 1. The van der Waals surface area contributed by atoms with E-state index in [9.17, 15) is 4.79 Å². The smallest absolute Gasteiger partial charge is 0.200 e. The fraction of sp³-hybridized carbons (Fsp3) is 0.125. The van der Waals surface area contributed by atoms with Gasteiger partial charge in [-0.15, -0.1) is 0 Å². The summed E-state index contributed by atoms with van der Waals surface area (Å²) in [7, 11) is 1.63. The van der Waals surface area contributed by atoms with E-state index in [4.69, 9.17) is 9.47 Å². The van der Waals surface area contributed by atoms with Gasteiger partial charge in [0.1, 0.15) is 0 Å². The SMILES string of the molecule is COc1cc(/C=C2\Sc3ccccc3C2=O)ccc1OCCc1ccccc1. The van der Waals surface area contributed by atoms with E-state index in [1.807, 2.05) is 66.7 Å². The van der Waals surface area contributed by atoms with Crippen LogP contribution in [0.4, 0.5) is 0 Å². The summed E-state index contributed by atoms with van der Waals surface area (Å²) in [6.45, 7) is 0.574. The number of ketones is 1. The monoisotopic (exact) mass is 388 g/mol. The quantitative estimate of drug-likeness (QED) is 0.512. The third-order valence-electron chi connectivity index (χ3n) is 4.55. The van der Waals surface area contributed by atoms with Crippen molar-refractivity contribution in [2.24, 2.45) is 0 Å². The lowest BCUT2D eigenvalue weighted by molar-refractivity contribution is 0.104. The van der Waals surface area contributed by atoms with Crippen molar-refractivity contribution < 1.29 is 14.3 Å². The molecule has 0 unspecified atom stereocenters. The normalized spacial score (nSPS) is 14.2. The zero-order valence-electron chi connectivity index (χ0n) is 15.6. The molecule has 3 aromatic rings. The van der Waals surface area contributed by atoms with Gasteiger partial charge in [-0.2, -0.15) is 0 Å². The van der Waals surface area contributed by atoms with E-state index in [0.29, 0.717) is 18.1 Å². The van der Waals surface area contributed by atoms with Crippen LogP contribution in [-0.4, -0.2) is 19.5 Å². The van der Waals surface area contributed by atoms with E-state index >= 15 is 0 Å². The number of allylic oxidation sites excluding steroid dienone is 1. The maximum absolute atomic E-state index is 12.6. The summed E-state index contributed by atoms with van der Waals surface area (Å²) in [6.07, 6.45) is 2.74. The van der Waals surface area contributed by atoms with Gasteiger partial charge in [0.25, 0.3) is 0 Å². The predicted molar refractivity (Wildman–Crippen MR) is 113 cm³/mol. The Balaban J connectivity index is 1.47. The van der Waals surface area contributed by atoms with Gasteiger partial charge in [-0.1, -0.05) is 60.3 Å². The summed E-state index contributed by atoms with van der Waals surface area (Å²) in [5.41, 5.74) is 2.92. The van der Waals surface area contributed by atoms with Crippen LogP contribution < -0.4 is 9.47 Å². The molecule has 0 saturated heterocycles. The van der Waals surface area contributed by atoms with Gasteiger partial charge in [-0.3, -0.25) is 4.79 Å². The summed E-state index contributed by atoms with van der Waals surface area (Å²) < 4.78 is 11.4. The lowest BCUT2D eigenvalue weighted by atomic mass is 10.1. The molecule has 3 nitrogen and oxygen atoms in total. The Bertz CT molecular complexity index is 1030. The van der Waals surface area contributed by atoms with Crippen LogP contribution in [0.3, 0.4) is 0 Å². The van der Waals surface area contributed by atoms with E-state index in [1.54, 1.807) is 7.11 Å². The molecule has 4 heteroatoms. The second-order valence-electron chi connectivity index (χ2n) is 6.43. The van der Waals surface area contributed by atoms with Gasteiger partial charge >= 0.3 is 0 Å². The topological polar surface area (TPSA) is 35.5 Å². The second-order valence-corrected chi connectivity index (χ2v) is 7.51. The molecule has 3 aromatic carbocycles. The van der Waals surface area contributed by atoms with Crippen molar-refractivity contribution in [3.05, 3.63) is 94.4 Å². The molecule has 0 atom stereocenters. The van der Waals surface area contributed by atoms with E-state index in [0.717, 1.165) is 27.3 Å². The fourth-order valence-corrected chi connectivity index (χ4v) is 4.16. The van der Waals surface area contributed by atoms with Crippen molar-refractivity contribution in [2.75, 3.05) is 13.7 Å². The number of benzene rings is 3. The van der Waals surface area contributed by atoms with E-state index in [2.05, 4.69) is 12.1 Å². The number of carbonyl (C=O) groups is 1. The molecule has 0 spiro atoms. The largest absolute Gasteiger partial charge is 0.493 e. The highest BCUT2D eigenvalue weighted by atomic mass is 32.2. The van der Waals surface area contributed by atoms with Gasteiger partial charge in [-0.25, -0.2) is 0 Å². The van der Waals surface area contributed by atoms with Crippen LogP contribution in [0.1, 0.15) is 21.5 Å². The van der Waals surface area contributed by atoms with Crippen molar-refractivity contribution in [3.8, 4) is 11.5 Å². The van der Waals surface area contributed by atoms with Crippen molar-refractivity contribution in [1.82, 2.24) is 0 Å². The molecule has 0 radical (unpaired) electrons. The summed E-state index contributed by atoms with van der Waals surface area (Å²) in [4.78, 5) is 14.3. The standard InChI is InChI=1S/C24H20O3S/c1-26-21-15-18(16-23-24(25)19-9-5-6-10-22(19)28-23)11-12-20(21)27-14-13-17-7-3-2-4-8-17/h2-12,15-16H,13-14H2,1H3/b23-16-. The number of fused-ring (bicyclic) bond motifs is 1. The van der Waals surface area contributed by atoms with Crippen molar-refractivity contribution >= 4 is 23.6 Å².